The summed E-state index contributed by atoms with van der Waals surface area (Å²) in [6, 6.07) is 4.67. The van der Waals surface area contributed by atoms with Crippen molar-refractivity contribution >= 4 is 35.9 Å². The molecular formula is C12H16Cl2N4O2. The SMILES string of the molecule is CN1CCN(N=Cc2ccc(Cl)c([N+](=O)[O-])c2)CC1.Cl. The van der Waals surface area contributed by atoms with E-state index in [0.29, 0.717) is 5.56 Å². The minimum absolute atomic E-state index is 0. The van der Waals surface area contributed by atoms with Crippen molar-refractivity contribution in [2.75, 3.05) is 33.2 Å². The molecule has 2 rings (SSSR count). The number of halogens is 2. The van der Waals surface area contributed by atoms with Gasteiger partial charge in [-0.2, -0.15) is 5.10 Å². The second kappa shape index (κ2) is 7.42. The van der Waals surface area contributed by atoms with Crippen LogP contribution in [0.4, 0.5) is 5.69 Å². The Balaban J connectivity index is 0.00000200. The summed E-state index contributed by atoms with van der Waals surface area (Å²) in [5.74, 6) is 0. The molecule has 0 atom stereocenters. The third-order valence-electron chi connectivity index (χ3n) is 3.02. The number of hydrazone groups is 1. The second-order valence-corrected chi connectivity index (χ2v) is 4.88. The summed E-state index contributed by atoms with van der Waals surface area (Å²) < 4.78 is 0. The van der Waals surface area contributed by atoms with Crippen molar-refractivity contribution in [1.29, 1.82) is 0 Å². The molecule has 110 valence electrons. The summed E-state index contributed by atoms with van der Waals surface area (Å²) in [7, 11) is 2.07. The number of piperazine rings is 1. The van der Waals surface area contributed by atoms with Gasteiger partial charge in [-0.3, -0.25) is 15.1 Å². The molecule has 0 unspecified atom stereocenters. The first-order valence-corrected chi connectivity index (χ1v) is 6.35. The van der Waals surface area contributed by atoms with Crippen molar-refractivity contribution in [3.63, 3.8) is 0 Å². The highest BCUT2D eigenvalue weighted by molar-refractivity contribution is 6.32. The van der Waals surface area contributed by atoms with Gasteiger partial charge in [-0.1, -0.05) is 17.7 Å². The molecule has 0 N–H and O–H groups in total. The zero-order valence-electron chi connectivity index (χ0n) is 11.0. The molecule has 0 aliphatic carbocycles. The van der Waals surface area contributed by atoms with Gasteiger partial charge >= 0.3 is 0 Å². The lowest BCUT2D eigenvalue weighted by atomic mass is 10.2. The second-order valence-electron chi connectivity index (χ2n) is 4.47. The van der Waals surface area contributed by atoms with Crippen LogP contribution in [0.3, 0.4) is 0 Å². The molecule has 0 saturated carbocycles. The van der Waals surface area contributed by atoms with Crippen LogP contribution in [0.15, 0.2) is 23.3 Å². The molecule has 8 heteroatoms. The molecule has 1 aliphatic rings. The zero-order valence-corrected chi connectivity index (χ0v) is 12.6. The van der Waals surface area contributed by atoms with Gasteiger partial charge in [-0.05, 0) is 13.1 Å². The molecule has 0 amide bonds. The molecule has 0 aromatic heterocycles. The summed E-state index contributed by atoms with van der Waals surface area (Å²) >= 11 is 5.75. The fourth-order valence-electron chi connectivity index (χ4n) is 1.81. The number of likely N-dealkylation sites (N-methyl/N-ethyl adjacent to an activating group) is 1. The van der Waals surface area contributed by atoms with Crippen molar-refractivity contribution in [3.05, 3.63) is 38.9 Å². The number of rotatable bonds is 3. The van der Waals surface area contributed by atoms with Crippen LogP contribution in [0.25, 0.3) is 0 Å². The van der Waals surface area contributed by atoms with Crippen molar-refractivity contribution in [1.82, 2.24) is 9.91 Å². The largest absolute Gasteiger partial charge is 0.303 e. The monoisotopic (exact) mass is 318 g/mol. The molecule has 1 fully saturated rings. The highest BCUT2D eigenvalue weighted by Crippen LogP contribution is 2.24. The van der Waals surface area contributed by atoms with Gasteiger partial charge in [0.2, 0.25) is 0 Å². The predicted octanol–water partition coefficient (Wildman–Crippen LogP) is 2.25. The normalized spacial score (nSPS) is 16.2. The average Bonchev–Trinajstić information content (AvgIpc) is 2.39. The first-order chi connectivity index (χ1) is 9.06. The summed E-state index contributed by atoms with van der Waals surface area (Å²) in [5.41, 5.74) is 0.582. The Morgan fingerprint density at radius 2 is 2.00 bits per heavy atom. The lowest BCUT2D eigenvalue weighted by Gasteiger charge is -2.30. The molecule has 1 aromatic rings. The Kier molecular flexibility index (Phi) is 6.19. The number of nitrogens with zero attached hydrogens (tertiary/aromatic N) is 4. The van der Waals surface area contributed by atoms with E-state index >= 15 is 0 Å². The van der Waals surface area contributed by atoms with E-state index in [1.165, 1.54) is 12.1 Å². The van der Waals surface area contributed by atoms with Crippen LogP contribution in [0.1, 0.15) is 5.56 Å². The Hall–Kier alpha value is -1.37. The number of nitro benzene ring substituents is 1. The quantitative estimate of drug-likeness (QED) is 0.487. The molecule has 0 bridgehead atoms. The first-order valence-electron chi connectivity index (χ1n) is 5.97. The molecular weight excluding hydrogens is 303 g/mol. The van der Waals surface area contributed by atoms with Crippen molar-refractivity contribution in [2.24, 2.45) is 5.10 Å². The number of benzene rings is 1. The fraction of sp³-hybridized carbons (Fsp3) is 0.417. The van der Waals surface area contributed by atoms with E-state index in [4.69, 9.17) is 11.6 Å². The van der Waals surface area contributed by atoms with E-state index in [2.05, 4.69) is 17.0 Å². The number of hydrogen-bond acceptors (Lipinski definition) is 5. The van der Waals surface area contributed by atoms with Gasteiger partial charge in [-0.15, -0.1) is 12.4 Å². The maximum Gasteiger partial charge on any atom is 0.288 e. The van der Waals surface area contributed by atoms with E-state index in [9.17, 15) is 10.1 Å². The van der Waals surface area contributed by atoms with Crippen molar-refractivity contribution in [3.8, 4) is 0 Å². The van der Waals surface area contributed by atoms with Crippen LogP contribution in [-0.2, 0) is 0 Å². The van der Waals surface area contributed by atoms with Gasteiger partial charge in [-0.25, -0.2) is 0 Å². The first kappa shape index (κ1) is 16.7. The van der Waals surface area contributed by atoms with Gasteiger partial charge in [0.05, 0.1) is 11.1 Å². The molecule has 1 aromatic carbocycles. The smallest absolute Gasteiger partial charge is 0.288 e. The third kappa shape index (κ3) is 4.33. The van der Waals surface area contributed by atoms with Crippen LogP contribution < -0.4 is 0 Å². The van der Waals surface area contributed by atoms with Crippen LogP contribution in [0.2, 0.25) is 5.02 Å². The Bertz CT molecular complexity index is 502. The highest BCUT2D eigenvalue weighted by atomic mass is 35.5. The third-order valence-corrected chi connectivity index (χ3v) is 3.34. The molecule has 1 heterocycles. The minimum Gasteiger partial charge on any atom is -0.303 e. The zero-order chi connectivity index (χ0) is 13.8. The van der Waals surface area contributed by atoms with E-state index < -0.39 is 4.92 Å². The maximum absolute atomic E-state index is 10.8. The molecule has 1 saturated heterocycles. The maximum atomic E-state index is 10.8. The van der Waals surface area contributed by atoms with Crippen molar-refractivity contribution < 1.29 is 4.92 Å². The molecule has 1 aliphatic heterocycles. The fourth-order valence-corrected chi connectivity index (χ4v) is 2.00. The van der Waals surface area contributed by atoms with E-state index in [1.807, 2.05) is 5.01 Å². The lowest BCUT2D eigenvalue weighted by molar-refractivity contribution is -0.384. The van der Waals surface area contributed by atoms with E-state index in [0.717, 1.165) is 26.2 Å². The summed E-state index contributed by atoms with van der Waals surface area (Å²) in [5, 5.41) is 17.2. The summed E-state index contributed by atoms with van der Waals surface area (Å²) in [6.45, 7) is 3.67. The van der Waals surface area contributed by atoms with Gasteiger partial charge in [0.15, 0.2) is 0 Å². The molecule has 0 radical (unpaired) electrons. The minimum atomic E-state index is -0.491. The van der Waals surface area contributed by atoms with Crippen LogP contribution in [-0.4, -0.2) is 54.3 Å². The predicted molar refractivity (Wildman–Crippen MR) is 82.0 cm³/mol. The van der Waals surface area contributed by atoms with Gasteiger partial charge < -0.3 is 4.90 Å². The molecule has 0 spiro atoms. The van der Waals surface area contributed by atoms with E-state index in [1.54, 1.807) is 12.3 Å². The lowest BCUT2D eigenvalue weighted by Crippen LogP contribution is -2.41. The van der Waals surface area contributed by atoms with Gasteiger partial charge in [0.25, 0.3) is 5.69 Å². The Morgan fingerprint density at radius 3 is 2.60 bits per heavy atom. The number of nitro groups is 1. The number of hydrogen-bond donors (Lipinski definition) is 0. The topological polar surface area (TPSA) is 62.0 Å². The Morgan fingerprint density at radius 1 is 1.35 bits per heavy atom. The van der Waals surface area contributed by atoms with Crippen LogP contribution in [0, 0.1) is 10.1 Å². The van der Waals surface area contributed by atoms with E-state index in [-0.39, 0.29) is 23.1 Å². The molecule has 20 heavy (non-hydrogen) atoms. The van der Waals surface area contributed by atoms with Gasteiger partial charge in [0.1, 0.15) is 5.02 Å². The Labute approximate surface area is 128 Å². The van der Waals surface area contributed by atoms with Gasteiger partial charge in [0, 0.05) is 37.8 Å². The van der Waals surface area contributed by atoms with Crippen LogP contribution >= 0.6 is 24.0 Å². The van der Waals surface area contributed by atoms with Crippen molar-refractivity contribution in [2.45, 2.75) is 0 Å². The summed E-state index contributed by atoms with van der Waals surface area (Å²) in [4.78, 5) is 12.5. The standard InChI is InChI=1S/C12H15ClN4O2.ClH/c1-15-4-6-16(7-5-15)14-9-10-2-3-11(13)12(8-10)17(18)19;/h2-3,8-9H,4-7H2,1H3;1H. The average molecular weight is 319 g/mol. The van der Waals surface area contributed by atoms with Crippen LogP contribution in [0.5, 0.6) is 0 Å². The summed E-state index contributed by atoms with van der Waals surface area (Å²) in [6.07, 6.45) is 1.63. The highest BCUT2D eigenvalue weighted by Gasteiger charge is 2.13. The molecule has 6 nitrogen and oxygen atoms in total.